The number of fused-ring (bicyclic) bond motifs is 1. The first kappa shape index (κ1) is 20.3. The minimum Gasteiger partial charge on any atom is -0.497 e. The van der Waals surface area contributed by atoms with Gasteiger partial charge in [-0.15, -0.1) is 0 Å². The average molecular weight is 415 g/mol. The number of aromatic nitrogens is 2. The topological polar surface area (TPSA) is 93.5 Å². The van der Waals surface area contributed by atoms with Crippen LogP contribution in [-0.4, -0.2) is 34.2 Å². The Kier molecular flexibility index (Phi) is 5.77. The molecular weight excluding hydrogens is 394 g/mol. The molecule has 1 heterocycles. The summed E-state index contributed by atoms with van der Waals surface area (Å²) in [5.41, 5.74) is 1.89. The van der Waals surface area contributed by atoms with Crippen LogP contribution in [0.5, 0.6) is 5.75 Å². The zero-order chi connectivity index (χ0) is 21.8. The van der Waals surface area contributed by atoms with Crippen LogP contribution in [0.2, 0.25) is 0 Å². The number of amides is 1. The molecule has 0 radical (unpaired) electrons. The van der Waals surface area contributed by atoms with Gasteiger partial charge in [0.15, 0.2) is 0 Å². The van der Waals surface area contributed by atoms with Crippen LogP contribution >= 0.6 is 0 Å². The van der Waals surface area contributed by atoms with Crippen molar-refractivity contribution in [2.75, 3.05) is 13.7 Å². The molecule has 0 aliphatic carbocycles. The Balaban J connectivity index is 1.55. The monoisotopic (exact) mass is 415 g/mol. The van der Waals surface area contributed by atoms with Crippen LogP contribution < -0.4 is 15.6 Å². The SMILES string of the molecule is COc1cccc(-n2cnc3cc(C(=O)NC[C@H](O)c4ccccc4)ccc3c2=O)c1. The molecule has 156 valence electrons. The van der Waals surface area contributed by atoms with Gasteiger partial charge in [-0.3, -0.25) is 14.2 Å². The third-order valence-corrected chi connectivity index (χ3v) is 4.99. The number of hydrogen-bond donors (Lipinski definition) is 2. The molecule has 3 aromatic carbocycles. The lowest BCUT2D eigenvalue weighted by molar-refractivity contribution is 0.0916. The van der Waals surface area contributed by atoms with E-state index in [0.717, 1.165) is 5.56 Å². The fourth-order valence-corrected chi connectivity index (χ4v) is 3.29. The molecular formula is C24H21N3O4. The predicted molar refractivity (Wildman–Crippen MR) is 118 cm³/mol. The van der Waals surface area contributed by atoms with Gasteiger partial charge in [-0.25, -0.2) is 4.98 Å². The van der Waals surface area contributed by atoms with Gasteiger partial charge in [0.05, 0.1) is 29.8 Å². The van der Waals surface area contributed by atoms with Crippen LogP contribution in [0.15, 0.2) is 83.9 Å². The molecule has 4 aromatic rings. The van der Waals surface area contributed by atoms with E-state index in [-0.39, 0.29) is 18.0 Å². The molecule has 0 fully saturated rings. The summed E-state index contributed by atoms with van der Waals surface area (Å²) in [4.78, 5) is 29.8. The van der Waals surface area contributed by atoms with Gasteiger partial charge < -0.3 is 15.2 Å². The number of hydrogen-bond acceptors (Lipinski definition) is 5. The number of aliphatic hydroxyl groups excluding tert-OH is 1. The minimum atomic E-state index is -0.807. The Morgan fingerprint density at radius 3 is 2.68 bits per heavy atom. The number of nitrogens with zero attached hydrogens (tertiary/aromatic N) is 2. The maximum atomic E-state index is 12.9. The molecule has 0 saturated carbocycles. The number of benzene rings is 3. The van der Waals surface area contributed by atoms with Gasteiger partial charge in [-0.2, -0.15) is 0 Å². The Morgan fingerprint density at radius 2 is 1.90 bits per heavy atom. The highest BCUT2D eigenvalue weighted by Crippen LogP contribution is 2.17. The number of nitrogens with one attached hydrogen (secondary N) is 1. The van der Waals surface area contributed by atoms with Crippen molar-refractivity contribution in [3.05, 3.63) is 101 Å². The molecule has 0 aliphatic rings. The van der Waals surface area contributed by atoms with Crippen molar-refractivity contribution in [3.63, 3.8) is 0 Å². The molecule has 7 heteroatoms. The first-order chi connectivity index (χ1) is 15.1. The van der Waals surface area contributed by atoms with Crippen LogP contribution in [0.3, 0.4) is 0 Å². The number of rotatable bonds is 6. The highest BCUT2D eigenvalue weighted by atomic mass is 16.5. The van der Waals surface area contributed by atoms with E-state index in [1.54, 1.807) is 61.7 Å². The maximum absolute atomic E-state index is 12.9. The molecule has 1 atom stereocenters. The van der Waals surface area contributed by atoms with Gasteiger partial charge >= 0.3 is 0 Å². The van der Waals surface area contributed by atoms with E-state index in [4.69, 9.17) is 4.74 Å². The summed E-state index contributed by atoms with van der Waals surface area (Å²) in [7, 11) is 1.56. The zero-order valence-corrected chi connectivity index (χ0v) is 16.9. The van der Waals surface area contributed by atoms with Crippen LogP contribution in [0.25, 0.3) is 16.6 Å². The molecule has 1 amide bonds. The lowest BCUT2D eigenvalue weighted by atomic mass is 10.1. The Bertz CT molecular complexity index is 1290. The summed E-state index contributed by atoms with van der Waals surface area (Å²) in [6.45, 7) is 0.0751. The fraction of sp³-hybridized carbons (Fsp3) is 0.125. The molecule has 4 rings (SSSR count). The van der Waals surface area contributed by atoms with Crippen molar-refractivity contribution in [1.29, 1.82) is 0 Å². The van der Waals surface area contributed by atoms with E-state index in [1.807, 2.05) is 18.2 Å². The maximum Gasteiger partial charge on any atom is 0.265 e. The molecule has 0 spiro atoms. The van der Waals surface area contributed by atoms with Crippen molar-refractivity contribution in [3.8, 4) is 11.4 Å². The molecule has 0 bridgehead atoms. The van der Waals surface area contributed by atoms with Crippen LogP contribution in [-0.2, 0) is 0 Å². The smallest absolute Gasteiger partial charge is 0.265 e. The second-order valence-electron chi connectivity index (χ2n) is 6.99. The first-order valence-corrected chi connectivity index (χ1v) is 9.74. The lowest BCUT2D eigenvalue weighted by Crippen LogP contribution is -2.28. The number of carbonyl (C=O) groups is 1. The standard InChI is InChI=1S/C24H21N3O4/c1-31-19-9-5-8-18(13-19)27-15-26-21-12-17(10-11-20(21)24(27)30)23(29)25-14-22(28)16-6-3-2-4-7-16/h2-13,15,22,28H,14H2,1H3,(H,25,29)/t22-/m0/s1. The summed E-state index contributed by atoms with van der Waals surface area (Å²) >= 11 is 0. The third-order valence-electron chi connectivity index (χ3n) is 4.99. The number of carbonyl (C=O) groups excluding carboxylic acids is 1. The van der Waals surface area contributed by atoms with Gasteiger partial charge in [0, 0.05) is 18.2 Å². The summed E-state index contributed by atoms with van der Waals surface area (Å²) in [5, 5.41) is 13.3. The van der Waals surface area contributed by atoms with Crippen molar-refractivity contribution in [1.82, 2.24) is 14.9 Å². The van der Waals surface area contributed by atoms with E-state index in [1.165, 1.54) is 10.9 Å². The largest absolute Gasteiger partial charge is 0.497 e. The lowest BCUT2D eigenvalue weighted by Gasteiger charge is -2.12. The Hall–Kier alpha value is -3.97. The normalized spacial score (nSPS) is 11.8. The van der Waals surface area contributed by atoms with Crippen molar-refractivity contribution >= 4 is 16.8 Å². The quantitative estimate of drug-likeness (QED) is 0.505. The van der Waals surface area contributed by atoms with Gasteiger partial charge in [0.1, 0.15) is 12.1 Å². The Morgan fingerprint density at radius 1 is 1.10 bits per heavy atom. The summed E-state index contributed by atoms with van der Waals surface area (Å²) in [6, 6.07) is 21.0. The fourth-order valence-electron chi connectivity index (χ4n) is 3.29. The van der Waals surface area contributed by atoms with Crippen LogP contribution in [0.1, 0.15) is 22.0 Å². The van der Waals surface area contributed by atoms with E-state index in [0.29, 0.717) is 27.9 Å². The zero-order valence-electron chi connectivity index (χ0n) is 16.9. The third kappa shape index (κ3) is 4.31. The molecule has 7 nitrogen and oxygen atoms in total. The van der Waals surface area contributed by atoms with Gasteiger partial charge in [0.2, 0.25) is 0 Å². The summed E-state index contributed by atoms with van der Waals surface area (Å²) < 4.78 is 6.65. The van der Waals surface area contributed by atoms with Crippen molar-refractivity contribution in [2.45, 2.75) is 6.10 Å². The summed E-state index contributed by atoms with van der Waals surface area (Å²) in [6.07, 6.45) is 0.624. The molecule has 0 saturated heterocycles. The molecule has 0 aliphatic heterocycles. The number of ether oxygens (including phenoxy) is 1. The van der Waals surface area contributed by atoms with Gasteiger partial charge in [-0.1, -0.05) is 36.4 Å². The van der Waals surface area contributed by atoms with Gasteiger partial charge in [0.25, 0.3) is 11.5 Å². The van der Waals surface area contributed by atoms with E-state index < -0.39 is 6.10 Å². The first-order valence-electron chi connectivity index (χ1n) is 9.74. The van der Waals surface area contributed by atoms with Crippen molar-refractivity contribution < 1.29 is 14.6 Å². The van der Waals surface area contributed by atoms with E-state index in [9.17, 15) is 14.7 Å². The van der Waals surface area contributed by atoms with Crippen LogP contribution in [0, 0.1) is 0 Å². The summed E-state index contributed by atoms with van der Waals surface area (Å²) in [5.74, 6) is 0.282. The molecule has 2 N–H and O–H groups in total. The molecule has 0 unspecified atom stereocenters. The minimum absolute atomic E-state index is 0.0751. The van der Waals surface area contributed by atoms with Crippen LogP contribution in [0.4, 0.5) is 0 Å². The Labute approximate surface area is 178 Å². The highest BCUT2D eigenvalue weighted by molar-refractivity contribution is 5.97. The highest BCUT2D eigenvalue weighted by Gasteiger charge is 2.13. The second-order valence-corrected chi connectivity index (χ2v) is 6.99. The van der Waals surface area contributed by atoms with E-state index >= 15 is 0 Å². The average Bonchev–Trinajstić information content (AvgIpc) is 2.83. The number of methoxy groups -OCH3 is 1. The second kappa shape index (κ2) is 8.81. The van der Waals surface area contributed by atoms with Crippen molar-refractivity contribution in [2.24, 2.45) is 0 Å². The number of aliphatic hydroxyl groups is 1. The van der Waals surface area contributed by atoms with Gasteiger partial charge in [-0.05, 0) is 35.9 Å². The predicted octanol–water partition coefficient (Wildman–Crippen LogP) is 2.86. The van der Waals surface area contributed by atoms with E-state index in [2.05, 4.69) is 10.3 Å². The molecule has 31 heavy (non-hydrogen) atoms. The molecule has 1 aromatic heterocycles.